The molecule has 0 radical (unpaired) electrons. The molecule has 0 aromatic heterocycles. The third-order valence-corrected chi connectivity index (χ3v) is 12.1. The van der Waals surface area contributed by atoms with Gasteiger partial charge in [-0.25, -0.2) is 0 Å². The van der Waals surface area contributed by atoms with Crippen molar-refractivity contribution >= 4 is 5.97 Å². The van der Waals surface area contributed by atoms with E-state index in [-0.39, 0.29) is 25.6 Å². The molecule has 14 heteroatoms. The van der Waals surface area contributed by atoms with Crippen LogP contribution in [-0.4, -0.2) is 142 Å². The minimum Gasteiger partial charge on any atom is -0.457 e. The van der Waals surface area contributed by atoms with Crippen LogP contribution in [0, 0.1) is 0 Å². The smallest absolute Gasteiger partial charge is 0.306 e. The molecule has 0 aromatic rings. The van der Waals surface area contributed by atoms with Crippen molar-refractivity contribution in [2.24, 2.45) is 0 Å². The summed E-state index contributed by atoms with van der Waals surface area (Å²) in [6.45, 7) is 3.54. The van der Waals surface area contributed by atoms with Crippen molar-refractivity contribution in [3.8, 4) is 0 Å². The van der Waals surface area contributed by atoms with Crippen molar-refractivity contribution in [1.82, 2.24) is 0 Å². The van der Waals surface area contributed by atoms with Crippen LogP contribution in [0.1, 0.15) is 174 Å². The highest BCUT2D eigenvalue weighted by atomic mass is 16.7. The fourth-order valence-corrected chi connectivity index (χ4v) is 7.88. The van der Waals surface area contributed by atoms with Crippen LogP contribution in [0.3, 0.4) is 0 Å². The molecule has 7 N–H and O–H groups in total. The largest absolute Gasteiger partial charge is 0.457 e. The molecular weight excluding hydrogens is 849 g/mol. The van der Waals surface area contributed by atoms with Gasteiger partial charge >= 0.3 is 5.97 Å². The number of hydrogen-bond acceptors (Lipinski definition) is 14. The number of unbranched alkanes of at least 4 members (excludes halogenated alkanes) is 18. The number of carbonyl (C=O) groups is 1. The Morgan fingerprint density at radius 3 is 1.56 bits per heavy atom. The molecule has 2 fully saturated rings. The quantitative estimate of drug-likeness (QED) is 0.0179. The van der Waals surface area contributed by atoms with E-state index in [9.17, 15) is 40.5 Å². The van der Waals surface area contributed by atoms with Crippen LogP contribution < -0.4 is 0 Å². The zero-order chi connectivity index (χ0) is 48.0. The number of carbonyl (C=O) groups excluding carboxylic acids is 1. The van der Waals surface area contributed by atoms with E-state index >= 15 is 0 Å². The van der Waals surface area contributed by atoms with Gasteiger partial charge in [-0.05, 0) is 70.6 Å². The molecule has 66 heavy (non-hydrogen) atoms. The highest BCUT2D eigenvalue weighted by molar-refractivity contribution is 5.69. The Kier molecular flexibility index (Phi) is 36.2. The van der Waals surface area contributed by atoms with Gasteiger partial charge in [0.1, 0.15) is 54.9 Å². The molecular formula is C52H92O14. The molecule has 0 aliphatic carbocycles. The lowest BCUT2D eigenvalue weighted by Crippen LogP contribution is -2.61. The third-order valence-electron chi connectivity index (χ3n) is 12.1. The fourth-order valence-electron chi connectivity index (χ4n) is 7.88. The van der Waals surface area contributed by atoms with Crippen molar-refractivity contribution in [3.05, 3.63) is 48.6 Å². The first-order chi connectivity index (χ1) is 32.1. The van der Waals surface area contributed by atoms with E-state index in [4.69, 9.17) is 28.4 Å². The van der Waals surface area contributed by atoms with Gasteiger partial charge in [-0.3, -0.25) is 4.79 Å². The van der Waals surface area contributed by atoms with Gasteiger partial charge in [-0.15, -0.1) is 0 Å². The predicted molar refractivity (Wildman–Crippen MR) is 256 cm³/mol. The second-order valence-electron chi connectivity index (χ2n) is 18.0. The summed E-state index contributed by atoms with van der Waals surface area (Å²) in [7, 11) is 0. The van der Waals surface area contributed by atoms with Gasteiger partial charge in [-0.1, -0.05) is 146 Å². The fraction of sp³-hybridized carbons (Fsp3) is 0.827. The third kappa shape index (κ3) is 27.2. The molecule has 11 atom stereocenters. The summed E-state index contributed by atoms with van der Waals surface area (Å²) in [5.74, 6) is -0.389. The zero-order valence-corrected chi connectivity index (χ0v) is 40.7. The van der Waals surface area contributed by atoms with Gasteiger partial charge in [0.2, 0.25) is 0 Å². The molecule has 2 heterocycles. The van der Waals surface area contributed by atoms with Crippen molar-refractivity contribution in [1.29, 1.82) is 0 Å². The van der Waals surface area contributed by atoms with Crippen LogP contribution in [0.2, 0.25) is 0 Å². The molecule has 0 spiro atoms. The second-order valence-corrected chi connectivity index (χ2v) is 18.0. The number of aliphatic hydroxyl groups excluding tert-OH is 7. The molecule has 384 valence electrons. The Hall–Kier alpha value is -2.05. The second kappa shape index (κ2) is 39.8. The maximum Gasteiger partial charge on any atom is 0.306 e. The van der Waals surface area contributed by atoms with Crippen LogP contribution in [0.15, 0.2) is 48.6 Å². The van der Waals surface area contributed by atoms with Crippen molar-refractivity contribution in [2.75, 3.05) is 33.0 Å². The van der Waals surface area contributed by atoms with Gasteiger partial charge in [0.15, 0.2) is 12.6 Å². The predicted octanol–water partition coefficient (Wildman–Crippen LogP) is 7.57. The van der Waals surface area contributed by atoms with Crippen molar-refractivity contribution < 1.29 is 69.0 Å². The SMILES string of the molecule is CC/C=C\C/C=C\C/C=C\CCCCCCCCCC(=O)OC(COCCCCCCCC/C=C\CCCCCCC)COC1OC(COC2OC(CO)C(O)C(O)C2O)C(O)C(O)C1O. The van der Waals surface area contributed by atoms with Crippen molar-refractivity contribution in [3.63, 3.8) is 0 Å². The highest BCUT2D eigenvalue weighted by Gasteiger charge is 2.47. The van der Waals surface area contributed by atoms with E-state index in [0.29, 0.717) is 13.0 Å². The minimum atomic E-state index is -1.71. The van der Waals surface area contributed by atoms with E-state index in [0.717, 1.165) is 77.0 Å². The Morgan fingerprint density at radius 2 is 0.985 bits per heavy atom. The number of rotatable bonds is 40. The minimum absolute atomic E-state index is 0.0524. The van der Waals surface area contributed by atoms with Gasteiger partial charge < -0.3 is 64.2 Å². The molecule has 14 nitrogen and oxygen atoms in total. The summed E-state index contributed by atoms with van der Waals surface area (Å²) in [5.41, 5.74) is 0. The van der Waals surface area contributed by atoms with E-state index in [1.54, 1.807) is 0 Å². The average molecular weight is 941 g/mol. The summed E-state index contributed by atoms with van der Waals surface area (Å²) in [5, 5.41) is 72.1. The molecule has 0 aromatic carbocycles. The maximum absolute atomic E-state index is 13.0. The Bertz CT molecular complexity index is 1280. The normalized spacial score (nSPS) is 26.7. The summed E-state index contributed by atoms with van der Waals surface area (Å²) >= 11 is 0. The van der Waals surface area contributed by atoms with E-state index in [1.165, 1.54) is 70.6 Å². The zero-order valence-electron chi connectivity index (χ0n) is 40.7. The van der Waals surface area contributed by atoms with Gasteiger partial charge in [0, 0.05) is 13.0 Å². The number of hydrogen-bond donors (Lipinski definition) is 7. The van der Waals surface area contributed by atoms with Crippen LogP contribution in [0.25, 0.3) is 0 Å². The average Bonchev–Trinajstić information content (AvgIpc) is 3.31. The molecule has 2 aliphatic heterocycles. The lowest BCUT2D eigenvalue weighted by molar-refractivity contribution is -0.332. The highest BCUT2D eigenvalue weighted by Crippen LogP contribution is 2.26. The summed E-state index contributed by atoms with van der Waals surface area (Å²) in [4.78, 5) is 13.0. The van der Waals surface area contributed by atoms with Gasteiger partial charge in [0.05, 0.1) is 26.4 Å². The molecule has 2 saturated heterocycles. The maximum atomic E-state index is 13.0. The topological polar surface area (TPSA) is 214 Å². The van der Waals surface area contributed by atoms with Crippen LogP contribution in [0.4, 0.5) is 0 Å². The monoisotopic (exact) mass is 941 g/mol. The number of ether oxygens (including phenoxy) is 6. The van der Waals surface area contributed by atoms with Crippen LogP contribution in [-0.2, 0) is 33.2 Å². The molecule has 11 unspecified atom stereocenters. The van der Waals surface area contributed by atoms with E-state index in [2.05, 4.69) is 62.5 Å². The Balaban J connectivity index is 1.78. The first-order valence-corrected chi connectivity index (χ1v) is 25.7. The Morgan fingerprint density at radius 1 is 0.515 bits per heavy atom. The molecule has 0 amide bonds. The first-order valence-electron chi connectivity index (χ1n) is 25.7. The number of aliphatic hydroxyl groups is 7. The molecule has 0 saturated carbocycles. The van der Waals surface area contributed by atoms with E-state index in [1.807, 2.05) is 0 Å². The van der Waals surface area contributed by atoms with Crippen LogP contribution in [0.5, 0.6) is 0 Å². The summed E-state index contributed by atoms with van der Waals surface area (Å²) in [6.07, 6.45) is 28.8. The summed E-state index contributed by atoms with van der Waals surface area (Å²) < 4.78 is 34.3. The van der Waals surface area contributed by atoms with E-state index < -0.39 is 80.7 Å². The van der Waals surface area contributed by atoms with Crippen LogP contribution >= 0.6 is 0 Å². The number of allylic oxidation sites excluding steroid dienone is 8. The molecule has 2 rings (SSSR count). The number of esters is 1. The molecule has 2 aliphatic rings. The molecule has 0 bridgehead atoms. The first kappa shape index (κ1) is 60.1. The lowest BCUT2D eigenvalue weighted by Gasteiger charge is -2.42. The van der Waals surface area contributed by atoms with Crippen molar-refractivity contribution in [2.45, 2.75) is 242 Å². The van der Waals surface area contributed by atoms with Gasteiger partial charge in [0.25, 0.3) is 0 Å². The summed E-state index contributed by atoms with van der Waals surface area (Å²) in [6, 6.07) is 0. The Labute approximate surface area is 397 Å². The lowest BCUT2D eigenvalue weighted by atomic mass is 9.98. The standard InChI is InChI=1S/C52H92O14/c1-3-5-7-9-11-13-15-17-19-20-21-23-25-27-29-31-33-35-44(54)64-41(38-61-36-34-32-30-28-26-24-22-18-16-14-12-10-8-6-4-2)39-62-51-50(60)48(58)46(56)43(66-51)40-63-52-49(59)47(57)45(55)42(37-53)65-52/h5,7,11,13,16-19,41-43,45-53,55-60H,3-4,6,8-10,12,14-15,20-40H2,1-2H3/b7-5-,13-11-,18-16-,19-17-. The van der Waals surface area contributed by atoms with Gasteiger partial charge in [-0.2, -0.15) is 0 Å².